The smallest absolute Gasteiger partial charge is 0.255 e. The van der Waals surface area contributed by atoms with E-state index in [1.165, 1.54) is 0 Å². The van der Waals surface area contributed by atoms with Crippen LogP contribution in [0.5, 0.6) is 0 Å². The molecule has 15 nitrogen and oxygen atoms in total. The lowest BCUT2D eigenvalue weighted by Crippen LogP contribution is -2.51. The maximum absolute atomic E-state index is 12.4. The number of rotatable bonds is 16. The Balaban J connectivity index is 4.57. The molecule has 0 rings (SSSR count). The molecular weight excluding hydrogens is 410 g/mol. The van der Waals surface area contributed by atoms with Crippen molar-refractivity contribution in [2.45, 2.75) is 44.6 Å². The molecule has 0 aliphatic rings. The van der Waals surface area contributed by atoms with Crippen molar-refractivity contribution in [3.8, 4) is 0 Å². The van der Waals surface area contributed by atoms with Crippen molar-refractivity contribution in [1.29, 1.82) is 0 Å². The van der Waals surface area contributed by atoms with Gasteiger partial charge in [-0.2, -0.15) is 0 Å². The third-order valence-electron chi connectivity index (χ3n) is 3.93. The topological polar surface area (TPSA) is 261 Å². The van der Waals surface area contributed by atoms with Gasteiger partial charge in [-0.25, -0.2) is 5.84 Å². The van der Waals surface area contributed by atoms with E-state index >= 15 is 0 Å². The fourth-order valence-electron chi connectivity index (χ4n) is 2.38. The Bertz CT molecular complexity index is 687. The number of nitrogens with two attached hydrogens (primary N) is 4. The molecule has 4 amide bonds. The van der Waals surface area contributed by atoms with Crippen molar-refractivity contribution in [1.82, 2.24) is 15.6 Å². The zero-order valence-electron chi connectivity index (χ0n) is 17.3. The number of hydrogen-bond donors (Lipinski definition) is 6. The highest BCUT2D eigenvalue weighted by atomic mass is 16.2. The summed E-state index contributed by atoms with van der Waals surface area (Å²) >= 11 is 0. The van der Waals surface area contributed by atoms with Crippen molar-refractivity contribution in [3.05, 3.63) is 10.4 Å². The summed E-state index contributed by atoms with van der Waals surface area (Å²) in [6.07, 6.45) is 2.68. The van der Waals surface area contributed by atoms with E-state index in [0.717, 1.165) is 5.01 Å². The number of aliphatic imine (C=N–C) groups is 1. The zero-order valence-corrected chi connectivity index (χ0v) is 17.3. The van der Waals surface area contributed by atoms with Crippen molar-refractivity contribution in [3.63, 3.8) is 0 Å². The highest BCUT2D eigenvalue weighted by Crippen LogP contribution is 2.01. The number of azide groups is 1. The van der Waals surface area contributed by atoms with E-state index in [1.807, 2.05) is 0 Å². The Hall–Kier alpha value is -3.58. The van der Waals surface area contributed by atoms with Gasteiger partial charge in [0.15, 0.2) is 5.96 Å². The van der Waals surface area contributed by atoms with Gasteiger partial charge in [0.1, 0.15) is 12.6 Å². The average Bonchev–Trinajstić information content (AvgIpc) is 2.71. The first-order valence-electron chi connectivity index (χ1n) is 9.64. The summed E-state index contributed by atoms with van der Waals surface area (Å²) in [5.74, 6) is 3.40. The van der Waals surface area contributed by atoms with Gasteiger partial charge < -0.3 is 27.8 Å². The van der Waals surface area contributed by atoms with Crippen LogP contribution in [0.2, 0.25) is 0 Å². The number of carbonyl (C=O) groups is 4. The third-order valence-corrected chi connectivity index (χ3v) is 3.93. The summed E-state index contributed by atoms with van der Waals surface area (Å²) in [6.45, 7) is -0.353. The molecule has 0 unspecified atom stereocenters. The predicted molar refractivity (Wildman–Crippen MR) is 112 cm³/mol. The quantitative estimate of drug-likeness (QED) is 0.0175. The number of nitrogens with zero attached hydrogens (tertiary/aromatic N) is 5. The molecule has 0 saturated carbocycles. The first kappa shape index (κ1) is 27.4. The molecule has 0 spiro atoms. The zero-order chi connectivity index (χ0) is 23.6. The van der Waals surface area contributed by atoms with Gasteiger partial charge in [-0.3, -0.25) is 29.2 Å². The number of hydrogen-bond acceptors (Lipinski definition) is 7. The number of guanidine groups is 1. The Morgan fingerprint density at radius 1 is 1.06 bits per heavy atom. The summed E-state index contributed by atoms with van der Waals surface area (Å²) in [7, 11) is 0. The van der Waals surface area contributed by atoms with Gasteiger partial charge in [-0.15, -0.1) is 0 Å². The second-order valence-corrected chi connectivity index (χ2v) is 6.54. The number of amides is 4. The lowest BCUT2D eigenvalue weighted by molar-refractivity contribution is -0.134. The van der Waals surface area contributed by atoms with Crippen LogP contribution in [-0.4, -0.2) is 66.8 Å². The molecule has 10 N–H and O–H groups in total. The first-order chi connectivity index (χ1) is 14.7. The van der Waals surface area contributed by atoms with Crippen LogP contribution < -0.4 is 33.7 Å². The Kier molecular flexibility index (Phi) is 14.4. The van der Waals surface area contributed by atoms with Gasteiger partial charge in [0.2, 0.25) is 17.7 Å². The van der Waals surface area contributed by atoms with E-state index in [9.17, 15) is 19.2 Å². The van der Waals surface area contributed by atoms with Crippen LogP contribution in [0, 0.1) is 0 Å². The minimum Gasteiger partial charge on any atom is -0.370 e. The number of carbonyl (C=O) groups excluding carboxylic acids is 4. The van der Waals surface area contributed by atoms with Gasteiger partial charge in [0.05, 0.1) is 6.54 Å². The molecule has 0 saturated heterocycles. The van der Waals surface area contributed by atoms with Gasteiger partial charge in [0.25, 0.3) is 5.91 Å². The molecule has 31 heavy (non-hydrogen) atoms. The minimum absolute atomic E-state index is 0.100. The highest BCUT2D eigenvalue weighted by Gasteiger charge is 2.21. The van der Waals surface area contributed by atoms with Gasteiger partial charge in [-0.1, -0.05) is 11.5 Å². The fraction of sp³-hybridized carbons (Fsp3) is 0.688. The van der Waals surface area contributed by atoms with Crippen LogP contribution in [-0.2, 0) is 19.2 Å². The largest absolute Gasteiger partial charge is 0.370 e. The molecular formula is C16H31N11O4. The Morgan fingerprint density at radius 2 is 1.77 bits per heavy atom. The van der Waals surface area contributed by atoms with Crippen molar-refractivity contribution >= 4 is 29.6 Å². The summed E-state index contributed by atoms with van der Waals surface area (Å²) in [5, 5.41) is 8.95. The highest BCUT2D eigenvalue weighted by molar-refractivity contribution is 5.90. The van der Waals surface area contributed by atoms with Crippen molar-refractivity contribution < 1.29 is 19.2 Å². The van der Waals surface area contributed by atoms with E-state index in [2.05, 4.69) is 25.7 Å². The summed E-state index contributed by atoms with van der Waals surface area (Å²) in [6, 6.07) is -0.983. The maximum atomic E-state index is 12.4. The number of primary amides is 1. The predicted octanol–water partition coefficient (Wildman–Crippen LogP) is -2.30. The normalized spacial score (nSPS) is 10.9. The van der Waals surface area contributed by atoms with E-state index in [4.69, 9.17) is 28.6 Å². The van der Waals surface area contributed by atoms with Crippen LogP contribution in [0.1, 0.15) is 38.5 Å². The molecule has 0 bridgehead atoms. The van der Waals surface area contributed by atoms with E-state index in [1.54, 1.807) is 0 Å². The van der Waals surface area contributed by atoms with Crippen LogP contribution in [0.15, 0.2) is 10.1 Å². The number of hydrazine groups is 1. The van der Waals surface area contributed by atoms with Crippen LogP contribution in [0.3, 0.4) is 0 Å². The summed E-state index contributed by atoms with van der Waals surface area (Å²) < 4.78 is 0. The van der Waals surface area contributed by atoms with Crippen LogP contribution >= 0.6 is 0 Å². The average molecular weight is 441 g/mol. The molecule has 0 aromatic rings. The summed E-state index contributed by atoms with van der Waals surface area (Å²) in [5.41, 5.74) is 23.8. The van der Waals surface area contributed by atoms with Crippen molar-refractivity contribution in [2.24, 2.45) is 33.2 Å². The molecule has 0 aromatic heterocycles. The second kappa shape index (κ2) is 16.2. The fourth-order valence-corrected chi connectivity index (χ4v) is 2.38. The summed E-state index contributed by atoms with van der Waals surface area (Å²) in [4.78, 5) is 53.2. The van der Waals surface area contributed by atoms with Gasteiger partial charge in [-0.05, 0) is 31.2 Å². The van der Waals surface area contributed by atoms with E-state index < -0.39 is 30.3 Å². The Labute approximate surface area is 179 Å². The molecule has 0 radical (unpaired) electrons. The van der Waals surface area contributed by atoms with E-state index in [-0.39, 0.29) is 44.3 Å². The Morgan fingerprint density at radius 3 is 2.39 bits per heavy atom. The molecule has 15 heteroatoms. The van der Waals surface area contributed by atoms with Gasteiger partial charge >= 0.3 is 0 Å². The maximum Gasteiger partial charge on any atom is 0.255 e. The third kappa shape index (κ3) is 15.0. The number of nitrogens with one attached hydrogen (secondary N) is 2. The second-order valence-electron chi connectivity index (χ2n) is 6.54. The lowest BCUT2D eigenvalue weighted by Gasteiger charge is -2.20. The lowest BCUT2D eigenvalue weighted by atomic mass is 10.1. The standard InChI is InChI=1S/C16H31N11O4/c17-12(28)6-2-1-3-8-27(21)14(30)10-23-15(31)11(5-4-7-22-16(18)19)25-13(29)9-24-26-20/h11H,1-10,21H2,(H2,17,28)(H,23,31)(H,25,29)(H4,18,19,22)/t11-/m0/s1. The molecule has 0 aromatic carbocycles. The van der Waals surface area contributed by atoms with Gasteiger partial charge in [0, 0.05) is 24.4 Å². The van der Waals surface area contributed by atoms with Crippen LogP contribution in [0.25, 0.3) is 10.4 Å². The molecule has 0 fully saturated rings. The van der Waals surface area contributed by atoms with E-state index in [0.29, 0.717) is 25.7 Å². The molecule has 0 aliphatic heterocycles. The molecule has 174 valence electrons. The molecule has 1 atom stereocenters. The number of unbranched alkanes of at least 4 members (excludes halogenated alkanes) is 2. The first-order valence-corrected chi connectivity index (χ1v) is 9.64. The van der Waals surface area contributed by atoms with Crippen LogP contribution in [0.4, 0.5) is 0 Å². The molecule has 0 aliphatic carbocycles. The minimum atomic E-state index is -0.983. The van der Waals surface area contributed by atoms with Crippen molar-refractivity contribution in [2.75, 3.05) is 26.2 Å². The SMILES string of the molecule is [N-]=[N+]=NCC(=O)N[C@@H](CCCN=C(N)N)C(=O)NCC(=O)N(N)CCCCCC(N)=O. The molecule has 0 heterocycles. The monoisotopic (exact) mass is 441 g/mol.